The molecular formula is C17H23N3O2. The van der Waals surface area contributed by atoms with Crippen molar-refractivity contribution in [1.29, 1.82) is 0 Å². The molecule has 5 nitrogen and oxygen atoms in total. The second-order valence-electron chi connectivity index (χ2n) is 6.16. The molecule has 2 aliphatic heterocycles. The van der Waals surface area contributed by atoms with Crippen molar-refractivity contribution in [2.24, 2.45) is 0 Å². The number of rotatable bonds is 3. The van der Waals surface area contributed by atoms with Crippen LogP contribution in [0.15, 0.2) is 30.3 Å². The molecule has 0 aromatic heterocycles. The van der Waals surface area contributed by atoms with Crippen molar-refractivity contribution in [3.63, 3.8) is 0 Å². The number of piperazine rings is 1. The predicted molar refractivity (Wildman–Crippen MR) is 84.3 cm³/mol. The third kappa shape index (κ3) is 3.30. The Labute approximate surface area is 131 Å². The van der Waals surface area contributed by atoms with E-state index in [1.54, 1.807) is 6.92 Å². The van der Waals surface area contributed by atoms with Crippen LogP contribution in [0, 0.1) is 0 Å². The van der Waals surface area contributed by atoms with E-state index < -0.39 is 0 Å². The summed E-state index contributed by atoms with van der Waals surface area (Å²) in [6.07, 6.45) is 0.492. The summed E-state index contributed by atoms with van der Waals surface area (Å²) in [6, 6.07) is 10.4. The molecule has 0 spiro atoms. The number of nitrogens with zero attached hydrogens (tertiary/aromatic N) is 3. The van der Waals surface area contributed by atoms with Crippen LogP contribution in [0.1, 0.15) is 12.5 Å². The highest BCUT2D eigenvalue weighted by atomic mass is 16.2. The van der Waals surface area contributed by atoms with E-state index in [2.05, 4.69) is 4.90 Å². The molecule has 1 aromatic carbocycles. The lowest BCUT2D eigenvalue weighted by Crippen LogP contribution is -2.64. The van der Waals surface area contributed by atoms with Crippen molar-refractivity contribution in [3.05, 3.63) is 35.9 Å². The zero-order chi connectivity index (χ0) is 15.5. The van der Waals surface area contributed by atoms with Gasteiger partial charge in [-0.3, -0.25) is 14.5 Å². The van der Waals surface area contributed by atoms with Gasteiger partial charge in [-0.05, 0) is 5.56 Å². The molecule has 22 heavy (non-hydrogen) atoms. The summed E-state index contributed by atoms with van der Waals surface area (Å²) in [5.41, 5.74) is 1.08. The smallest absolute Gasteiger partial charge is 0.227 e. The van der Waals surface area contributed by atoms with E-state index in [9.17, 15) is 9.59 Å². The fourth-order valence-corrected chi connectivity index (χ4v) is 3.17. The van der Waals surface area contributed by atoms with Crippen molar-refractivity contribution in [3.8, 4) is 0 Å². The van der Waals surface area contributed by atoms with Crippen molar-refractivity contribution in [2.75, 3.05) is 39.3 Å². The summed E-state index contributed by atoms with van der Waals surface area (Å²) in [5.74, 6) is 0.373. The quantitative estimate of drug-likeness (QED) is 0.821. The molecule has 2 aliphatic rings. The van der Waals surface area contributed by atoms with E-state index in [0.717, 1.165) is 44.8 Å². The summed E-state index contributed by atoms with van der Waals surface area (Å²) in [6.45, 7) is 6.74. The van der Waals surface area contributed by atoms with Crippen LogP contribution in [0.25, 0.3) is 0 Å². The minimum absolute atomic E-state index is 0.160. The van der Waals surface area contributed by atoms with Gasteiger partial charge in [0.25, 0.3) is 0 Å². The highest BCUT2D eigenvalue weighted by molar-refractivity contribution is 5.79. The molecule has 0 radical (unpaired) electrons. The van der Waals surface area contributed by atoms with Gasteiger partial charge < -0.3 is 9.80 Å². The molecule has 2 fully saturated rings. The number of amides is 2. The molecule has 2 saturated heterocycles. The minimum Gasteiger partial charge on any atom is -0.340 e. The third-order valence-electron chi connectivity index (χ3n) is 4.69. The minimum atomic E-state index is 0.160. The monoisotopic (exact) mass is 301 g/mol. The first kappa shape index (κ1) is 15.0. The Morgan fingerprint density at radius 3 is 2.23 bits per heavy atom. The van der Waals surface area contributed by atoms with Crippen molar-refractivity contribution < 1.29 is 9.59 Å². The Morgan fingerprint density at radius 1 is 1.00 bits per heavy atom. The lowest BCUT2D eigenvalue weighted by Gasteiger charge is -2.48. The van der Waals surface area contributed by atoms with Gasteiger partial charge in [0.05, 0.1) is 6.42 Å². The third-order valence-corrected chi connectivity index (χ3v) is 4.69. The van der Waals surface area contributed by atoms with Crippen LogP contribution in [0.5, 0.6) is 0 Å². The molecule has 3 rings (SSSR count). The van der Waals surface area contributed by atoms with E-state index in [1.807, 2.05) is 40.1 Å². The Balaban J connectivity index is 1.42. The van der Waals surface area contributed by atoms with Gasteiger partial charge in [0, 0.05) is 52.2 Å². The standard InChI is InChI=1S/C17H23N3O2/c1-14(21)18-7-9-19(10-8-18)16-12-20(13-16)17(22)11-15-5-3-2-4-6-15/h2-6,16H,7-13H2,1H3. The van der Waals surface area contributed by atoms with Gasteiger partial charge in [0.1, 0.15) is 0 Å². The van der Waals surface area contributed by atoms with Crippen LogP contribution in [-0.2, 0) is 16.0 Å². The SMILES string of the molecule is CC(=O)N1CCN(C2CN(C(=O)Cc3ccccc3)C2)CC1. The van der Waals surface area contributed by atoms with Crippen molar-refractivity contribution in [1.82, 2.24) is 14.7 Å². The van der Waals surface area contributed by atoms with Crippen LogP contribution in [-0.4, -0.2) is 71.8 Å². The molecule has 0 N–H and O–H groups in total. The van der Waals surface area contributed by atoms with Gasteiger partial charge in [-0.1, -0.05) is 30.3 Å². The van der Waals surface area contributed by atoms with Crippen molar-refractivity contribution in [2.45, 2.75) is 19.4 Å². The molecule has 0 unspecified atom stereocenters. The first-order chi connectivity index (χ1) is 10.6. The number of carbonyl (C=O) groups excluding carboxylic acids is 2. The van der Waals surface area contributed by atoms with Gasteiger partial charge in [0.15, 0.2) is 0 Å². The first-order valence-electron chi connectivity index (χ1n) is 7.95. The van der Waals surface area contributed by atoms with E-state index in [4.69, 9.17) is 0 Å². The Hall–Kier alpha value is -1.88. The predicted octanol–water partition coefficient (Wildman–Crippen LogP) is 0.604. The highest BCUT2D eigenvalue weighted by Gasteiger charge is 2.35. The molecule has 0 aliphatic carbocycles. The molecular weight excluding hydrogens is 278 g/mol. The van der Waals surface area contributed by atoms with Crippen LogP contribution < -0.4 is 0 Å². The molecule has 0 saturated carbocycles. The number of carbonyl (C=O) groups is 2. The molecule has 0 bridgehead atoms. The fraction of sp³-hybridized carbons (Fsp3) is 0.529. The number of hydrogen-bond acceptors (Lipinski definition) is 3. The Morgan fingerprint density at radius 2 is 1.64 bits per heavy atom. The molecule has 2 amide bonds. The molecule has 2 heterocycles. The van der Waals surface area contributed by atoms with Crippen LogP contribution >= 0.6 is 0 Å². The summed E-state index contributed by atoms with van der Waals surface area (Å²) < 4.78 is 0. The first-order valence-corrected chi connectivity index (χ1v) is 7.95. The summed E-state index contributed by atoms with van der Waals surface area (Å²) >= 11 is 0. The average molecular weight is 301 g/mol. The Bertz CT molecular complexity index is 532. The van der Waals surface area contributed by atoms with Crippen molar-refractivity contribution >= 4 is 11.8 Å². The second kappa shape index (κ2) is 6.48. The van der Waals surface area contributed by atoms with Gasteiger partial charge >= 0.3 is 0 Å². The highest BCUT2D eigenvalue weighted by Crippen LogP contribution is 2.18. The van der Waals surface area contributed by atoms with Gasteiger partial charge in [-0.2, -0.15) is 0 Å². The maximum absolute atomic E-state index is 12.2. The molecule has 0 atom stereocenters. The van der Waals surface area contributed by atoms with Crippen LogP contribution in [0.4, 0.5) is 0 Å². The normalized spacial score (nSPS) is 19.9. The number of likely N-dealkylation sites (tertiary alicyclic amines) is 1. The lowest BCUT2D eigenvalue weighted by atomic mass is 10.0. The summed E-state index contributed by atoms with van der Waals surface area (Å²) in [7, 11) is 0. The van der Waals surface area contributed by atoms with Gasteiger partial charge in [-0.15, -0.1) is 0 Å². The second-order valence-corrected chi connectivity index (χ2v) is 6.16. The Kier molecular flexibility index (Phi) is 4.43. The zero-order valence-electron chi connectivity index (χ0n) is 13.1. The lowest BCUT2D eigenvalue weighted by molar-refractivity contribution is -0.139. The zero-order valence-corrected chi connectivity index (χ0v) is 13.1. The summed E-state index contributed by atoms with van der Waals surface area (Å²) in [5, 5.41) is 0. The topological polar surface area (TPSA) is 43.9 Å². The van der Waals surface area contributed by atoms with Crippen LogP contribution in [0.2, 0.25) is 0 Å². The molecule has 118 valence electrons. The largest absolute Gasteiger partial charge is 0.340 e. The van der Waals surface area contributed by atoms with E-state index in [0.29, 0.717) is 12.5 Å². The molecule has 1 aromatic rings. The maximum Gasteiger partial charge on any atom is 0.227 e. The fourth-order valence-electron chi connectivity index (χ4n) is 3.17. The van der Waals surface area contributed by atoms with Crippen LogP contribution in [0.3, 0.4) is 0 Å². The van der Waals surface area contributed by atoms with E-state index in [1.165, 1.54) is 0 Å². The maximum atomic E-state index is 12.2. The average Bonchev–Trinajstić information content (AvgIpc) is 2.47. The molecule has 5 heteroatoms. The van der Waals surface area contributed by atoms with E-state index >= 15 is 0 Å². The van der Waals surface area contributed by atoms with Gasteiger partial charge in [-0.25, -0.2) is 0 Å². The number of hydrogen-bond donors (Lipinski definition) is 0. The van der Waals surface area contributed by atoms with E-state index in [-0.39, 0.29) is 11.8 Å². The van der Waals surface area contributed by atoms with Gasteiger partial charge in [0.2, 0.25) is 11.8 Å². The summed E-state index contributed by atoms with van der Waals surface area (Å²) in [4.78, 5) is 29.8. The number of benzene rings is 1.